The topological polar surface area (TPSA) is 29.1 Å². The molecule has 0 aliphatic heterocycles. The summed E-state index contributed by atoms with van der Waals surface area (Å²) in [6.07, 6.45) is -1.61. The lowest BCUT2D eigenvalue weighted by atomic mass is 10.0. The number of alkyl halides is 3. The minimum atomic E-state index is -4.35. The number of halogens is 3. The monoisotopic (exact) mass is 271 g/mol. The summed E-state index contributed by atoms with van der Waals surface area (Å²) in [5.74, 6) is -0.0347. The Morgan fingerprint density at radius 3 is 2.68 bits per heavy atom. The molecule has 1 aliphatic rings. The van der Waals surface area contributed by atoms with Crippen molar-refractivity contribution in [1.82, 2.24) is 5.32 Å². The summed E-state index contributed by atoms with van der Waals surface area (Å²) in [5.41, 5.74) is -0.278. The molecule has 19 heavy (non-hydrogen) atoms. The molecule has 5 heteroatoms. The van der Waals surface area contributed by atoms with Gasteiger partial charge in [-0.15, -0.1) is 0 Å². The molecule has 0 bridgehead atoms. The molecule has 0 spiro atoms. The number of carbonyl (C=O) groups excluding carboxylic acids is 1. The lowest BCUT2D eigenvalue weighted by Gasteiger charge is -2.08. The maximum atomic E-state index is 12.5. The highest BCUT2D eigenvalue weighted by molar-refractivity contribution is 5.81. The average molecular weight is 271 g/mol. The van der Waals surface area contributed by atoms with Crippen molar-refractivity contribution in [1.29, 1.82) is 0 Å². The van der Waals surface area contributed by atoms with Crippen LogP contribution in [0.25, 0.3) is 0 Å². The van der Waals surface area contributed by atoms with Gasteiger partial charge in [0.1, 0.15) is 5.78 Å². The Labute approximate surface area is 110 Å². The minimum absolute atomic E-state index is 0.0347. The lowest BCUT2D eigenvalue weighted by Crippen LogP contribution is -2.20. The Kier molecular flexibility index (Phi) is 4.24. The summed E-state index contributed by atoms with van der Waals surface area (Å²) in [6, 6.07) is 5.51. The maximum absolute atomic E-state index is 12.5. The first-order valence-electron chi connectivity index (χ1n) is 6.36. The fraction of sp³-hybridized carbons (Fsp3) is 0.500. The van der Waals surface area contributed by atoms with Crippen LogP contribution in [0.2, 0.25) is 0 Å². The number of nitrogens with one attached hydrogen (secondary N) is 1. The number of ketones is 1. The van der Waals surface area contributed by atoms with Crippen molar-refractivity contribution in [2.75, 3.05) is 6.54 Å². The Bertz CT molecular complexity index is 452. The van der Waals surface area contributed by atoms with Crippen LogP contribution in [0.15, 0.2) is 24.3 Å². The third kappa shape index (κ3) is 4.67. The molecule has 1 fully saturated rings. The smallest absolute Gasteiger partial charge is 0.314 e. The van der Waals surface area contributed by atoms with Gasteiger partial charge in [-0.3, -0.25) is 4.79 Å². The summed E-state index contributed by atoms with van der Waals surface area (Å²) < 4.78 is 37.5. The molecule has 0 unspecified atom stereocenters. The third-order valence-corrected chi connectivity index (χ3v) is 3.07. The van der Waals surface area contributed by atoms with E-state index in [2.05, 4.69) is 5.32 Å². The van der Waals surface area contributed by atoms with Gasteiger partial charge >= 0.3 is 6.18 Å². The van der Waals surface area contributed by atoms with Gasteiger partial charge in [-0.1, -0.05) is 18.2 Å². The van der Waals surface area contributed by atoms with E-state index in [1.807, 2.05) is 0 Å². The van der Waals surface area contributed by atoms with E-state index in [0.29, 0.717) is 24.6 Å². The van der Waals surface area contributed by atoms with Crippen LogP contribution in [0.4, 0.5) is 13.2 Å². The molecule has 2 rings (SSSR count). The predicted octanol–water partition coefficient (Wildman–Crippen LogP) is 2.96. The number of hydrogen-bond donors (Lipinski definition) is 1. The third-order valence-electron chi connectivity index (χ3n) is 3.07. The molecular formula is C14H16F3NO. The molecule has 104 valence electrons. The molecular weight excluding hydrogens is 255 g/mol. The summed E-state index contributed by atoms with van der Waals surface area (Å²) in [5, 5.41) is 3.21. The standard InChI is InChI=1S/C14H16F3NO/c15-14(16,17)11-3-1-2-10(8-11)9-13(19)6-7-18-12-4-5-12/h1-3,8,12,18H,4-7,9H2. The van der Waals surface area contributed by atoms with Crippen molar-refractivity contribution in [2.45, 2.75) is 37.9 Å². The van der Waals surface area contributed by atoms with E-state index in [1.54, 1.807) is 6.07 Å². The molecule has 0 saturated heterocycles. The maximum Gasteiger partial charge on any atom is 0.416 e. The van der Waals surface area contributed by atoms with Crippen LogP contribution in [0.3, 0.4) is 0 Å². The second-order valence-electron chi connectivity index (χ2n) is 4.89. The van der Waals surface area contributed by atoms with Crippen LogP contribution in [-0.2, 0) is 17.4 Å². The van der Waals surface area contributed by atoms with Gasteiger partial charge in [-0.25, -0.2) is 0 Å². The van der Waals surface area contributed by atoms with Gasteiger partial charge in [0.2, 0.25) is 0 Å². The van der Waals surface area contributed by atoms with Gasteiger partial charge < -0.3 is 5.32 Å². The zero-order chi connectivity index (χ0) is 13.9. The Morgan fingerprint density at radius 1 is 1.32 bits per heavy atom. The van der Waals surface area contributed by atoms with Crippen molar-refractivity contribution >= 4 is 5.78 Å². The zero-order valence-corrected chi connectivity index (χ0v) is 10.5. The minimum Gasteiger partial charge on any atom is -0.314 e. The second kappa shape index (κ2) is 5.74. The Hall–Kier alpha value is -1.36. The lowest BCUT2D eigenvalue weighted by molar-refractivity contribution is -0.137. The van der Waals surface area contributed by atoms with Crippen molar-refractivity contribution in [3.8, 4) is 0 Å². The summed E-state index contributed by atoms with van der Waals surface area (Å²) in [7, 11) is 0. The SMILES string of the molecule is O=C(CCNC1CC1)Cc1cccc(C(F)(F)F)c1. The molecule has 1 saturated carbocycles. The van der Waals surface area contributed by atoms with Crippen molar-refractivity contribution in [2.24, 2.45) is 0 Å². The quantitative estimate of drug-likeness (QED) is 0.862. The van der Waals surface area contributed by atoms with E-state index in [1.165, 1.54) is 6.07 Å². The molecule has 1 aliphatic carbocycles. The van der Waals surface area contributed by atoms with E-state index in [4.69, 9.17) is 0 Å². The molecule has 1 aromatic carbocycles. The number of benzene rings is 1. The highest BCUT2D eigenvalue weighted by Crippen LogP contribution is 2.29. The highest BCUT2D eigenvalue weighted by Gasteiger charge is 2.30. The molecule has 1 N–H and O–H groups in total. The number of rotatable bonds is 6. The van der Waals surface area contributed by atoms with Crippen molar-refractivity contribution < 1.29 is 18.0 Å². The summed E-state index contributed by atoms with van der Waals surface area (Å²) >= 11 is 0. The van der Waals surface area contributed by atoms with Gasteiger partial charge in [0, 0.05) is 25.4 Å². The average Bonchev–Trinajstić information content (AvgIpc) is 3.12. The zero-order valence-electron chi connectivity index (χ0n) is 10.5. The van der Waals surface area contributed by atoms with Crippen LogP contribution in [0, 0.1) is 0 Å². The van der Waals surface area contributed by atoms with Crippen LogP contribution in [0.1, 0.15) is 30.4 Å². The van der Waals surface area contributed by atoms with Crippen LogP contribution < -0.4 is 5.32 Å². The van der Waals surface area contributed by atoms with Crippen molar-refractivity contribution in [3.63, 3.8) is 0 Å². The predicted molar refractivity (Wildman–Crippen MR) is 65.8 cm³/mol. The van der Waals surface area contributed by atoms with Crippen LogP contribution in [-0.4, -0.2) is 18.4 Å². The van der Waals surface area contributed by atoms with Crippen molar-refractivity contribution in [3.05, 3.63) is 35.4 Å². The van der Waals surface area contributed by atoms with E-state index in [0.717, 1.165) is 25.0 Å². The number of carbonyl (C=O) groups is 1. The summed E-state index contributed by atoms with van der Waals surface area (Å²) in [4.78, 5) is 11.7. The number of hydrogen-bond acceptors (Lipinski definition) is 2. The highest BCUT2D eigenvalue weighted by atomic mass is 19.4. The normalized spacial score (nSPS) is 15.5. The molecule has 0 atom stereocenters. The van der Waals surface area contributed by atoms with Gasteiger partial charge in [0.15, 0.2) is 0 Å². The molecule has 1 aromatic rings. The Balaban J connectivity index is 1.85. The van der Waals surface area contributed by atoms with Crippen LogP contribution >= 0.6 is 0 Å². The molecule has 0 amide bonds. The van der Waals surface area contributed by atoms with E-state index in [-0.39, 0.29) is 12.2 Å². The van der Waals surface area contributed by atoms with E-state index >= 15 is 0 Å². The molecule has 2 nitrogen and oxygen atoms in total. The number of Topliss-reactive ketones (excluding diaryl/α,β-unsaturated/α-hetero) is 1. The summed E-state index contributed by atoms with van der Waals surface area (Å²) in [6.45, 7) is 0.614. The first-order chi connectivity index (χ1) is 8.95. The van der Waals surface area contributed by atoms with Gasteiger partial charge in [0.25, 0.3) is 0 Å². The second-order valence-corrected chi connectivity index (χ2v) is 4.89. The first kappa shape index (κ1) is 14.1. The van der Waals surface area contributed by atoms with E-state index < -0.39 is 11.7 Å². The van der Waals surface area contributed by atoms with Gasteiger partial charge in [0.05, 0.1) is 5.56 Å². The van der Waals surface area contributed by atoms with E-state index in [9.17, 15) is 18.0 Å². The van der Waals surface area contributed by atoms with Gasteiger partial charge in [-0.05, 0) is 24.5 Å². The largest absolute Gasteiger partial charge is 0.416 e. The molecule has 0 heterocycles. The van der Waals surface area contributed by atoms with Gasteiger partial charge in [-0.2, -0.15) is 13.2 Å². The Morgan fingerprint density at radius 2 is 2.05 bits per heavy atom. The first-order valence-corrected chi connectivity index (χ1v) is 6.36. The van der Waals surface area contributed by atoms with Crippen LogP contribution in [0.5, 0.6) is 0 Å². The molecule has 0 radical (unpaired) electrons. The molecule has 0 aromatic heterocycles. The fourth-order valence-electron chi connectivity index (χ4n) is 1.88. The fourth-order valence-corrected chi connectivity index (χ4v) is 1.88.